The first-order valence-corrected chi connectivity index (χ1v) is 5.06. The fourth-order valence-electron chi connectivity index (χ4n) is 1.24. The molecular formula is C12H17NO3. The zero-order valence-electron chi connectivity index (χ0n) is 10.0. The van der Waals surface area contributed by atoms with E-state index in [1.807, 2.05) is 19.1 Å². The van der Waals surface area contributed by atoms with E-state index >= 15 is 0 Å². The van der Waals surface area contributed by atoms with Crippen molar-refractivity contribution in [1.29, 1.82) is 0 Å². The number of amides is 1. The Bertz CT molecular complexity index is 377. The van der Waals surface area contributed by atoms with Gasteiger partial charge in [-0.2, -0.15) is 0 Å². The van der Waals surface area contributed by atoms with Crippen molar-refractivity contribution in [3.63, 3.8) is 0 Å². The molecule has 0 saturated carbocycles. The Hall–Kier alpha value is -1.55. The summed E-state index contributed by atoms with van der Waals surface area (Å²) in [7, 11) is 3.12. The Kier molecular flexibility index (Phi) is 4.31. The second-order valence-corrected chi connectivity index (χ2v) is 3.55. The Morgan fingerprint density at radius 2 is 2.06 bits per heavy atom. The van der Waals surface area contributed by atoms with E-state index in [-0.39, 0.29) is 5.91 Å². The van der Waals surface area contributed by atoms with Gasteiger partial charge in [0.15, 0.2) is 0 Å². The molecule has 0 heterocycles. The minimum atomic E-state index is -0.457. The molecule has 0 fully saturated rings. The van der Waals surface area contributed by atoms with Crippen LogP contribution in [0.2, 0.25) is 0 Å². The van der Waals surface area contributed by atoms with Gasteiger partial charge in [-0.3, -0.25) is 4.79 Å². The predicted molar refractivity (Wildman–Crippen MR) is 62.8 cm³/mol. The lowest BCUT2D eigenvalue weighted by molar-refractivity contribution is -0.124. The highest BCUT2D eigenvalue weighted by atomic mass is 16.5. The summed E-state index contributed by atoms with van der Waals surface area (Å²) >= 11 is 0. The van der Waals surface area contributed by atoms with Crippen molar-refractivity contribution in [2.45, 2.75) is 20.0 Å². The van der Waals surface area contributed by atoms with Gasteiger partial charge in [0.05, 0.1) is 7.11 Å². The van der Waals surface area contributed by atoms with Crippen molar-refractivity contribution in [3.8, 4) is 5.75 Å². The molecule has 88 valence electrons. The van der Waals surface area contributed by atoms with Crippen molar-refractivity contribution >= 4 is 11.6 Å². The van der Waals surface area contributed by atoms with Crippen molar-refractivity contribution in [3.05, 3.63) is 23.8 Å². The van der Waals surface area contributed by atoms with Gasteiger partial charge < -0.3 is 14.8 Å². The average Bonchev–Trinajstić information content (AvgIpc) is 2.30. The van der Waals surface area contributed by atoms with Gasteiger partial charge in [0, 0.05) is 12.8 Å². The van der Waals surface area contributed by atoms with E-state index in [2.05, 4.69) is 5.32 Å². The number of benzene rings is 1. The van der Waals surface area contributed by atoms with Crippen LogP contribution in [0.25, 0.3) is 0 Å². The van der Waals surface area contributed by atoms with Crippen molar-refractivity contribution in [2.75, 3.05) is 19.5 Å². The molecule has 0 radical (unpaired) electrons. The van der Waals surface area contributed by atoms with Crippen LogP contribution in [0.3, 0.4) is 0 Å². The van der Waals surface area contributed by atoms with E-state index in [4.69, 9.17) is 9.47 Å². The lowest BCUT2D eigenvalue weighted by atomic mass is 10.2. The van der Waals surface area contributed by atoms with Gasteiger partial charge in [-0.1, -0.05) is 0 Å². The van der Waals surface area contributed by atoms with Gasteiger partial charge in [0.2, 0.25) is 0 Å². The lowest BCUT2D eigenvalue weighted by Gasteiger charge is -2.13. The van der Waals surface area contributed by atoms with Gasteiger partial charge in [-0.15, -0.1) is 0 Å². The average molecular weight is 223 g/mol. The Morgan fingerprint density at radius 3 is 2.56 bits per heavy atom. The lowest BCUT2D eigenvalue weighted by Crippen LogP contribution is -2.26. The molecule has 0 saturated heterocycles. The number of aryl methyl sites for hydroxylation is 1. The summed E-state index contributed by atoms with van der Waals surface area (Å²) in [6, 6.07) is 5.49. The molecule has 0 spiro atoms. The van der Waals surface area contributed by atoms with Crippen LogP contribution in [-0.2, 0) is 9.53 Å². The second kappa shape index (κ2) is 5.51. The third-order valence-corrected chi connectivity index (χ3v) is 2.41. The molecule has 1 N–H and O–H groups in total. The Balaban J connectivity index is 2.78. The van der Waals surface area contributed by atoms with Crippen LogP contribution >= 0.6 is 0 Å². The number of rotatable bonds is 4. The number of hydrogen-bond acceptors (Lipinski definition) is 3. The largest absolute Gasteiger partial charge is 0.497 e. The summed E-state index contributed by atoms with van der Waals surface area (Å²) in [4.78, 5) is 11.6. The van der Waals surface area contributed by atoms with E-state index in [9.17, 15) is 4.79 Å². The maximum atomic E-state index is 11.6. The van der Waals surface area contributed by atoms with Gasteiger partial charge in [0.1, 0.15) is 11.9 Å². The highest BCUT2D eigenvalue weighted by Gasteiger charge is 2.12. The molecule has 0 aliphatic rings. The summed E-state index contributed by atoms with van der Waals surface area (Å²) < 4.78 is 10.0. The normalized spacial score (nSPS) is 12.0. The molecule has 1 amide bonds. The van der Waals surface area contributed by atoms with Crippen LogP contribution in [0.5, 0.6) is 5.75 Å². The zero-order valence-corrected chi connectivity index (χ0v) is 10.0. The minimum absolute atomic E-state index is 0.157. The number of hydrogen-bond donors (Lipinski definition) is 1. The molecule has 0 aliphatic carbocycles. The second-order valence-electron chi connectivity index (χ2n) is 3.55. The topological polar surface area (TPSA) is 47.6 Å². The summed E-state index contributed by atoms with van der Waals surface area (Å²) in [5.41, 5.74) is 1.73. The zero-order chi connectivity index (χ0) is 12.1. The van der Waals surface area contributed by atoms with Crippen LogP contribution in [0.4, 0.5) is 5.69 Å². The smallest absolute Gasteiger partial charge is 0.253 e. The summed E-state index contributed by atoms with van der Waals surface area (Å²) in [6.07, 6.45) is -0.457. The maximum absolute atomic E-state index is 11.6. The summed E-state index contributed by atoms with van der Waals surface area (Å²) in [5, 5.41) is 2.79. The molecule has 16 heavy (non-hydrogen) atoms. The number of carbonyl (C=O) groups excluding carboxylic acids is 1. The molecule has 1 atom stereocenters. The summed E-state index contributed by atoms with van der Waals surface area (Å²) in [6.45, 7) is 3.61. The molecule has 1 rings (SSSR count). The van der Waals surface area contributed by atoms with Crippen molar-refractivity contribution in [2.24, 2.45) is 0 Å². The molecule has 1 aromatic rings. The minimum Gasteiger partial charge on any atom is -0.497 e. The van der Waals surface area contributed by atoms with Crippen LogP contribution in [0.1, 0.15) is 12.5 Å². The third-order valence-electron chi connectivity index (χ3n) is 2.41. The fourth-order valence-corrected chi connectivity index (χ4v) is 1.24. The highest BCUT2D eigenvalue weighted by molar-refractivity contribution is 5.94. The van der Waals surface area contributed by atoms with E-state index < -0.39 is 6.10 Å². The third kappa shape index (κ3) is 2.97. The van der Waals surface area contributed by atoms with Crippen LogP contribution in [-0.4, -0.2) is 26.2 Å². The number of anilines is 1. The maximum Gasteiger partial charge on any atom is 0.253 e. The summed E-state index contributed by atoms with van der Waals surface area (Å²) in [5.74, 6) is 0.617. The predicted octanol–water partition coefficient (Wildman–Crippen LogP) is 1.98. The van der Waals surface area contributed by atoms with Crippen molar-refractivity contribution in [1.82, 2.24) is 0 Å². The standard InChI is InChI=1S/C12H17NO3/c1-8-7-10(16-4)5-6-11(8)13-12(14)9(2)15-3/h5-7,9H,1-4H3,(H,13,14). The number of ether oxygens (including phenoxy) is 2. The quantitative estimate of drug-likeness (QED) is 0.849. The van der Waals surface area contributed by atoms with Crippen LogP contribution < -0.4 is 10.1 Å². The monoisotopic (exact) mass is 223 g/mol. The molecule has 4 heteroatoms. The van der Waals surface area contributed by atoms with E-state index in [1.165, 1.54) is 7.11 Å². The van der Waals surface area contributed by atoms with Gasteiger partial charge in [-0.05, 0) is 37.6 Å². The first-order valence-electron chi connectivity index (χ1n) is 5.06. The fraction of sp³-hybridized carbons (Fsp3) is 0.417. The van der Waals surface area contributed by atoms with Crippen LogP contribution in [0.15, 0.2) is 18.2 Å². The highest BCUT2D eigenvalue weighted by Crippen LogP contribution is 2.21. The Morgan fingerprint density at radius 1 is 1.38 bits per heavy atom. The molecule has 0 aromatic heterocycles. The molecule has 1 aromatic carbocycles. The molecule has 1 unspecified atom stereocenters. The van der Waals surface area contributed by atoms with Gasteiger partial charge >= 0.3 is 0 Å². The molecular weight excluding hydrogens is 206 g/mol. The number of nitrogens with one attached hydrogen (secondary N) is 1. The van der Waals surface area contributed by atoms with E-state index in [0.29, 0.717) is 0 Å². The molecule has 0 bridgehead atoms. The van der Waals surface area contributed by atoms with Crippen LogP contribution in [0, 0.1) is 6.92 Å². The van der Waals surface area contributed by atoms with Gasteiger partial charge in [-0.25, -0.2) is 0 Å². The number of methoxy groups -OCH3 is 2. The molecule has 4 nitrogen and oxygen atoms in total. The van der Waals surface area contributed by atoms with Crippen molar-refractivity contribution < 1.29 is 14.3 Å². The SMILES string of the molecule is COc1ccc(NC(=O)C(C)OC)c(C)c1. The van der Waals surface area contributed by atoms with E-state index in [0.717, 1.165) is 17.0 Å². The first-order chi connectivity index (χ1) is 7.58. The Labute approximate surface area is 95.6 Å². The number of carbonyl (C=O) groups is 1. The molecule has 0 aliphatic heterocycles. The van der Waals surface area contributed by atoms with E-state index in [1.54, 1.807) is 20.1 Å². The van der Waals surface area contributed by atoms with Gasteiger partial charge in [0.25, 0.3) is 5.91 Å². The first kappa shape index (κ1) is 12.5.